The minimum atomic E-state index is -0.156. The monoisotopic (exact) mass is 271 g/mol. The summed E-state index contributed by atoms with van der Waals surface area (Å²) in [7, 11) is 1.89. The second kappa shape index (κ2) is 6.36. The van der Waals surface area contributed by atoms with Gasteiger partial charge in [0.1, 0.15) is 17.6 Å². The molecule has 1 aromatic heterocycles. The van der Waals surface area contributed by atoms with E-state index in [1.165, 1.54) is 6.07 Å². The van der Waals surface area contributed by atoms with Crippen LogP contribution in [0.25, 0.3) is 0 Å². The molecule has 1 heterocycles. The van der Waals surface area contributed by atoms with Crippen LogP contribution in [-0.4, -0.2) is 11.1 Å². The maximum atomic E-state index is 13.4. The normalized spacial score (nSPS) is 10.5. The molecule has 0 atom stereocenters. The number of hydrogen-bond donors (Lipinski definition) is 1. The maximum Gasteiger partial charge on any atom is 0.126 e. The Balaban J connectivity index is 1.88. The van der Waals surface area contributed by atoms with Crippen molar-refractivity contribution in [1.29, 1.82) is 5.26 Å². The lowest BCUT2D eigenvalue weighted by molar-refractivity contribution is 0.597. The van der Waals surface area contributed by atoms with E-state index in [0.717, 1.165) is 16.8 Å². The fourth-order valence-corrected chi connectivity index (χ4v) is 2.20. The van der Waals surface area contributed by atoms with E-state index >= 15 is 0 Å². The number of nitriles is 1. The van der Waals surface area contributed by atoms with Gasteiger partial charge in [0.05, 0.1) is 0 Å². The van der Waals surface area contributed by atoms with Gasteiger partial charge in [-0.3, -0.25) is 0 Å². The summed E-state index contributed by atoms with van der Waals surface area (Å²) in [5.41, 5.74) is 3.58. The Morgan fingerprint density at radius 2 is 2.05 bits per heavy atom. The van der Waals surface area contributed by atoms with Crippen molar-refractivity contribution in [3.05, 3.63) is 58.7 Å². The van der Waals surface area contributed by atoms with Gasteiger partial charge >= 0.3 is 0 Å². The highest BCUT2D eigenvalue weighted by Gasteiger charge is 2.08. The molecule has 0 aliphatic heterocycles. The third-order valence-corrected chi connectivity index (χ3v) is 3.60. The lowest BCUT2D eigenvalue weighted by atomic mass is 10.1. The average molecular weight is 271 g/mol. The Morgan fingerprint density at radius 3 is 2.70 bits per heavy atom. The van der Waals surface area contributed by atoms with E-state index < -0.39 is 0 Å². The molecule has 1 aromatic carbocycles. The minimum absolute atomic E-state index is 0.156. The molecule has 2 rings (SSSR count). The lowest BCUT2D eigenvalue weighted by Crippen LogP contribution is -2.17. The quantitative estimate of drug-likeness (QED) is 0.849. The van der Waals surface area contributed by atoms with E-state index in [-0.39, 0.29) is 5.82 Å². The zero-order valence-electron chi connectivity index (χ0n) is 11.8. The van der Waals surface area contributed by atoms with Crippen molar-refractivity contribution < 1.29 is 4.39 Å². The minimum Gasteiger partial charge on any atom is -0.340 e. The Morgan fingerprint density at radius 1 is 1.30 bits per heavy atom. The molecule has 3 nitrogen and oxygen atoms in total. The number of hydrogen-bond acceptors (Lipinski definition) is 2. The second-order valence-electron chi connectivity index (χ2n) is 4.83. The lowest BCUT2D eigenvalue weighted by Gasteiger charge is -2.06. The smallest absolute Gasteiger partial charge is 0.126 e. The third kappa shape index (κ3) is 3.06. The fraction of sp³-hybridized carbons (Fsp3) is 0.312. The van der Waals surface area contributed by atoms with E-state index in [0.29, 0.717) is 25.2 Å². The predicted octanol–water partition coefficient (Wildman–Crippen LogP) is 2.68. The summed E-state index contributed by atoms with van der Waals surface area (Å²) < 4.78 is 15.3. The molecule has 0 aliphatic rings. The van der Waals surface area contributed by atoms with Gasteiger partial charge in [0.15, 0.2) is 0 Å². The molecule has 0 saturated carbocycles. The van der Waals surface area contributed by atoms with Gasteiger partial charge in [-0.1, -0.05) is 18.2 Å². The van der Waals surface area contributed by atoms with Crippen LogP contribution >= 0.6 is 0 Å². The number of halogens is 1. The molecule has 4 heteroatoms. The summed E-state index contributed by atoms with van der Waals surface area (Å²) in [6.45, 7) is 3.39. The van der Waals surface area contributed by atoms with Gasteiger partial charge in [-0.15, -0.1) is 0 Å². The first-order chi connectivity index (χ1) is 9.63. The van der Waals surface area contributed by atoms with Gasteiger partial charge < -0.3 is 9.88 Å². The van der Waals surface area contributed by atoms with E-state index in [4.69, 9.17) is 5.26 Å². The first kappa shape index (κ1) is 14.3. The van der Waals surface area contributed by atoms with Crippen LogP contribution in [0.2, 0.25) is 0 Å². The summed E-state index contributed by atoms with van der Waals surface area (Å²) in [4.78, 5) is 0. The van der Waals surface area contributed by atoms with Gasteiger partial charge in [0, 0.05) is 19.3 Å². The predicted molar refractivity (Wildman–Crippen MR) is 76.7 cm³/mol. The molecular formula is C16H18FN3. The van der Waals surface area contributed by atoms with E-state index in [1.54, 1.807) is 12.1 Å². The summed E-state index contributed by atoms with van der Waals surface area (Å²) in [6, 6.07) is 10.9. The van der Waals surface area contributed by atoms with Crippen molar-refractivity contribution in [2.24, 2.45) is 7.05 Å². The number of aromatic nitrogens is 1. The highest BCUT2D eigenvalue weighted by atomic mass is 19.1. The van der Waals surface area contributed by atoms with Crippen molar-refractivity contribution >= 4 is 0 Å². The van der Waals surface area contributed by atoms with Crippen LogP contribution in [0, 0.1) is 24.1 Å². The highest BCUT2D eigenvalue weighted by Crippen LogP contribution is 2.13. The first-order valence-corrected chi connectivity index (χ1v) is 6.63. The molecule has 0 spiro atoms. The Bertz CT molecular complexity index is 638. The molecule has 0 fully saturated rings. The Hall–Kier alpha value is -2.12. The van der Waals surface area contributed by atoms with Crippen LogP contribution in [0.5, 0.6) is 0 Å². The molecule has 0 unspecified atom stereocenters. The highest BCUT2D eigenvalue weighted by molar-refractivity contribution is 5.34. The summed E-state index contributed by atoms with van der Waals surface area (Å²) in [5.74, 6) is -0.156. The van der Waals surface area contributed by atoms with Crippen LogP contribution in [0.1, 0.15) is 22.5 Å². The topological polar surface area (TPSA) is 40.8 Å². The molecule has 0 radical (unpaired) electrons. The summed E-state index contributed by atoms with van der Waals surface area (Å²) in [5, 5.41) is 12.3. The number of benzene rings is 1. The van der Waals surface area contributed by atoms with Crippen molar-refractivity contribution in [1.82, 2.24) is 9.88 Å². The van der Waals surface area contributed by atoms with E-state index in [9.17, 15) is 4.39 Å². The van der Waals surface area contributed by atoms with Gasteiger partial charge in [-0.2, -0.15) is 5.26 Å². The molecule has 0 amide bonds. The van der Waals surface area contributed by atoms with Crippen molar-refractivity contribution in [2.75, 3.05) is 6.54 Å². The van der Waals surface area contributed by atoms with E-state index in [1.807, 2.05) is 30.7 Å². The molecule has 0 bridgehead atoms. The Labute approximate surface area is 118 Å². The zero-order chi connectivity index (χ0) is 14.5. The summed E-state index contributed by atoms with van der Waals surface area (Å²) >= 11 is 0. The second-order valence-corrected chi connectivity index (χ2v) is 4.83. The standard InChI is InChI=1S/C16H18FN3/c1-12-14(9-15(10-18)20(12)2)11-19-8-7-13-5-3-4-6-16(13)17/h3-6,9,19H,7-8,11H2,1-2H3. The Kier molecular flexibility index (Phi) is 4.54. The number of nitrogens with one attached hydrogen (secondary N) is 1. The zero-order valence-corrected chi connectivity index (χ0v) is 11.8. The van der Waals surface area contributed by atoms with Crippen molar-refractivity contribution in [3.8, 4) is 6.07 Å². The van der Waals surface area contributed by atoms with Gasteiger partial charge in [-0.05, 0) is 43.1 Å². The van der Waals surface area contributed by atoms with Crippen LogP contribution in [0.3, 0.4) is 0 Å². The molecule has 2 aromatic rings. The molecular weight excluding hydrogens is 253 g/mol. The first-order valence-electron chi connectivity index (χ1n) is 6.63. The largest absolute Gasteiger partial charge is 0.340 e. The van der Waals surface area contributed by atoms with Crippen LogP contribution < -0.4 is 5.32 Å². The molecule has 104 valence electrons. The van der Waals surface area contributed by atoms with Gasteiger partial charge in [0.25, 0.3) is 0 Å². The van der Waals surface area contributed by atoms with E-state index in [2.05, 4.69) is 11.4 Å². The van der Waals surface area contributed by atoms with Crippen LogP contribution in [0.4, 0.5) is 4.39 Å². The average Bonchev–Trinajstić information content (AvgIpc) is 2.73. The fourth-order valence-electron chi connectivity index (χ4n) is 2.20. The van der Waals surface area contributed by atoms with Gasteiger partial charge in [0.2, 0.25) is 0 Å². The van der Waals surface area contributed by atoms with Crippen molar-refractivity contribution in [3.63, 3.8) is 0 Å². The summed E-state index contributed by atoms with van der Waals surface area (Å²) in [6.07, 6.45) is 0.656. The van der Waals surface area contributed by atoms with Crippen LogP contribution in [-0.2, 0) is 20.0 Å². The van der Waals surface area contributed by atoms with Crippen LogP contribution in [0.15, 0.2) is 30.3 Å². The maximum absolute atomic E-state index is 13.4. The number of rotatable bonds is 5. The molecule has 0 aliphatic carbocycles. The number of nitrogens with zero attached hydrogens (tertiary/aromatic N) is 2. The molecule has 20 heavy (non-hydrogen) atoms. The molecule has 0 saturated heterocycles. The van der Waals surface area contributed by atoms with Crippen molar-refractivity contribution in [2.45, 2.75) is 19.9 Å². The SMILES string of the molecule is Cc1c(CNCCc2ccccc2F)cc(C#N)n1C. The molecule has 1 N–H and O–H groups in total. The van der Waals surface area contributed by atoms with Gasteiger partial charge in [-0.25, -0.2) is 4.39 Å². The third-order valence-electron chi connectivity index (χ3n) is 3.60.